The average Bonchev–Trinajstić information content (AvgIpc) is 3.99. The molecule has 2 nitrogen and oxygen atoms in total. The Morgan fingerprint density at radius 2 is 0.825 bits per heavy atom. The van der Waals surface area contributed by atoms with E-state index in [2.05, 4.69) is 193 Å². The van der Waals surface area contributed by atoms with Crippen molar-refractivity contribution in [3.05, 3.63) is 222 Å². The quantitative estimate of drug-likeness (QED) is 0.176. The van der Waals surface area contributed by atoms with Crippen molar-refractivity contribution >= 4 is 39.0 Å². The van der Waals surface area contributed by atoms with Crippen molar-refractivity contribution in [2.75, 3.05) is 4.90 Å². The molecule has 3 aliphatic rings. The second-order valence-corrected chi connectivity index (χ2v) is 15.6. The maximum atomic E-state index is 6.39. The maximum Gasteiger partial charge on any atom is 0.137 e. The van der Waals surface area contributed by atoms with Gasteiger partial charge in [0.25, 0.3) is 0 Å². The Kier molecular flexibility index (Phi) is 6.13. The van der Waals surface area contributed by atoms with Crippen LogP contribution in [-0.4, -0.2) is 0 Å². The lowest BCUT2D eigenvalue weighted by molar-refractivity contribution is 0.669. The van der Waals surface area contributed by atoms with E-state index in [1.54, 1.807) is 0 Å². The highest BCUT2D eigenvalue weighted by molar-refractivity contribution is 6.07. The molecule has 3 aliphatic carbocycles. The SMILES string of the molecule is c1ccc(-c2ccc(N(c3ccc(-c4ccc5c(c4)C46c7ccccc7-c7cccc(c74)-c4cccc-5c46)cc3)c3ccc4c(c3)oc3ccccc34)cc2)cc1. The number of fused-ring (bicyclic) bond motifs is 8. The summed E-state index contributed by atoms with van der Waals surface area (Å²) in [6.07, 6.45) is 0. The molecule has 57 heavy (non-hydrogen) atoms. The van der Waals surface area contributed by atoms with Crippen molar-refractivity contribution in [3.8, 4) is 55.6 Å². The average molecular weight is 724 g/mol. The largest absolute Gasteiger partial charge is 0.456 e. The van der Waals surface area contributed by atoms with E-state index < -0.39 is 0 Å². The van der Waals surface area contributed by atoms with E-state index in [9.17, 15) is 0 Å². The van der Waals surface area contributed by atoms with Gasteiger partial charge in [-0.25, -0.2) is 0 Å². The van der Waals surface area contributed by atoms with Crippen LogP contribution < -0.4 is 4.90 Å². The van der Waals surface area contributed by atoms with Crippen LogP contribution >= 0.6 is 0 Å². The lowest BCUT2D eigenvalue weighted by Crippen LogP contribution is -2.23. The second kappa shape index (κ2) is 11.3. The molecule has 0 saturated carbocycles. The molecule has 10 aromatic rings. The summed E-state index contributed by atoms with van der Waals surface area (Å²) in [5.74, 6) is 0. The molecular weight excluding hydrogens is 691 g/mol. The molecule has 1 unspecified atom stereocenters. The van der Waals surface area contributed by atoms with Gasteiger partial charge in [0.15, 0.2) is 0 Å². The number of para-hydroxylation sites is 1. The Balaban J connectivity index is 0.942. The molecule has 1 aromatic heterocycles. The topological polar surface area (TPSA) is 16.4 Å². The summed E-state index contributed by atoms with van der Waals surface area (Å²) in [5, 5.41) is 2.25. The molecule has 0 N–H and O–H groups in total. The Morgan fingerprint density at radius 3 is 1.54 bits per heavy atom. The number of nitrogens with zero attached hydrogens (tertiary/aromatic N) is 1. The molecule has 0 radical (unpaired) electrons. The molecule has 9 aromatic carbocycles. The summed E-state index contributed by atoms with van der Waals surface area (Å²) in [6.45, 7) is 0. The first-order valence-electron chi connectivity index (χ1n) is 19.8. The highest BCUT2D eigenvalue weighted by Gasteiger charge is 2.57. The number of anilines is 3. The van der Waals surface area contributed by atoms with Crippen LogP contribution in [0.5, 0.6) is 0 Å². The normalized spacial score (nSPS) is 15.1. The Hall–Kier alpha value is -7.42. The molecule has 13 rings (SSSR count). The van der Waals surface area contributed by atoms with Gasteiger partial charge >= 0.3 is 0 Å². The van der Waals surface area contributed by atoms with Crippen molar-refractivity contribution in [1.82, 2.24) is 0 Å². The van der Waals surface area contributed by atoms with Crippen molar-refractivity contribution in [3.63, 3.8) is 0 Å². The summed E-state index contributed by atoms with van der Waals surface area (Å²) in [4.78, 5) is 2.33. The summed E-state index contributed by atoms with van der Waals surface area (Å²) < 4.78 is 6.39. The third kappa shape index (κ3) is 4.09. The van der Waals surface area contributed by atoms with E-state index in [1.165, 1.54) is 77.9 Å². The molecular formula is C55H33NO. The molecule has 0 bridgehead atoms. The molecule has 0 amide bonds. The van der Waals surface area contributed by atoms with Crippen LogP contribution in [0.1, 0.15) is 22.3 Å². The standard InChI is InChI=1S/C55H33NO/c1-2-10-34(11-3-1)35-20-25-38(26-21-35)56(40-29-31-44-43-13-5-7-19-51(43)57-52(44)33-40)39-27-22-36(23-28-39)37-24-30-42-46-15-9-17-48-47-16-8-14-45-41-12-4-6-18-49(41)55(53(45)47,54(46)48)50(42)32-37/h1-33H. The number of furan rings is 1. The van der Waals surface area contributed by atoms with Crippen LogP contribution in [0.15, 0.2) is 205 Å². The second-order valence-electron chi connectivity index (χ2n) is 15.6. The van der Waals surface area contributed by atoms with Crippen LogP contribution in [0.25, 0.3) is 77.6 Å². The fourth-order valence-corrected chi connectivity index (χ4v) is 10.5. The fraction of sp³-hybridized carbons (Fsp3) is 0.0182. The number of benzene rings is 9. The molecule has 1 spiro atoms. The summed E-state index contributed by atoms with van der Waals surface area (Å²) in [5.41, 5.74) is 23.4. The first kappa shape index (κ1) is 30.9. The zero-order valence-corrected chi connectivity index (χ0v) is 30.9. The van der Waals surface area contributed by atoms with Gasteiger partial charge in [0.2, 0.25) is 0 Å². The van der Waals surface area contributed by atoms with E-state index in [-0.39, 0.29) is 5.41 Å². The van der Waals surface area contributed by atoms with Crippen molar-refractivity contribution in [1.29, 1.82) is 0 Å². The van der Waals surface area contributed by atoms with Gasteiger partial charge in [0.05, 0.1) is 5.41 Å². The summed E-state index contributed by atoms with van der Waals surface area (Å²) in [6, 6.07) is 73.4. The number of hydrogen-bond acceptors (Lipinski definition) is 2. The summed E-state index contributed by atoms with van der Waals surface area (Å²) >= 11 is 0. The zero-order chi connectivity index (χ0) is 37.2. The molecule has 0 aliphatic heterocycles. The van der Waals surface area contributed by atoms with Crippen LogP contribution in [-0.2, 0) is 5.41 Å². The van der Waals surface area contributed by atoms with Gasteiger partial charge in [0.1, 0.15) is 11.2 Å². The summed E-state index contributed by atoms with van der Waals surface area (Å²) in [7, 11) is 0. The monoisotopic (exact) mass is 723 g/mol. The fourth-order valence-electron chi connectivity index (χ4n) is 10.5. The molecule has 0 fully saturated rings. The Labute approximate surface area is 330 Å². The molecule has 2 heteroatoms. The first-order chi connectivity index (χ1) is 28.3. The Bertz CT molecular complexity index is 3250. The van der Waals surface area contributed by atoms with Crippen molar-refractivity contribution < 1.29 is 4.42 Å². The van der Waals surface area contributed by atoms with Gasteiger partial charge in [-0.15, -0.1) is 0 Å². The minimum Gasteiger partial charge on any atom is -0.456 e. The minimum absolute atomic E-state index is 0.294. The van der Waals surface area contributed by atoms with Crippen LogP contribution in [0.4, 0.5) is 17.1 Å². The predicted molar refractivity (Wildman–Crippen MR) is 235 cm³/mol. The minimum atomic E-state index is -0.294. The number of rotatable bonds is 5. The first-order valence-corrected chi connectivity index (χ1v) is 19.8. The van der Waals surface area contributed by atoms with Crippen LogP contribution in [0.2, 0.25) is 0 Å². The highest BCUT2D eigenvalue weighted by Crippen LogP contribution is 2.70. The molecule has 264 valence electrons. The van der Waals surface area contributed by atoms with Gasteiger partial charge in [-0.1, -0.05) is 146 Å². The lowest BCUT2D eigenvalue weighted by Gasteiger charge is -2.28. The van der Waals surface area contributed by atoms with Gasteiger partial charge in [0, 0.05) is 33.9 Å². The number of hydrogen-bond donors (Lipinski definition) is 0. The maximum absolute atomic E-state index is 6.39. The van der Waals surface area contributed by atoms with E-state index in [0.29, 0.717) is 0 Å². The van der Waals surface area contributed by atoms with Crippen molar-refractivity contribution in [2.24, 2.45) is 0 Å². The van der Waals surface area contributed by atoms with Gasteiger partial charge in [-0.05, 0) is 126 Å². The van der Waals surface area contributed by atoms with Gasteiger partial charge in [-0.2, -0.15) is 0 Å². The highest BCUT2D eigenvalue weighted by atomic mass is 16.3. The van der Waals surface area contributed by atoms with E-state index in [1.807, 2.05) is 12.1 Å². The Morgan fingerprint density at radius 1 is 0.316 bits per heavy atom. The van der Waals surface area contributed by atoms with Crippen LogP contribution in [0.3, 0.4) is 0 Å². The van der Waals surface area contributed by atoms with Crippen molar-refractivity contribution in [2.45, 2.75) is 5.41 Å². The van der Waals surface area contributed by atoms with Gasteiger partial charge < -0.3 is 9.32 Å². The van der Waals surface area contributed by atoms with E-state index in [4.69, 9.17) is 4.42 Å². The van der Waals surface area contributed by atoms with Gasteiger partial charge in [-0.3, -0.25) is 0 Å². The predicted octanol–water partition coefficient (Wildman–Crippen LogP) is 14.7. The molecule has 1 atom stereocenters. The lowest BCUT2D eigenvalue weighted by atomic mass is 9.73. The van der Waals surface area contributed by atoms with Crippen LogP contribution in [0, 0.1) is 0 Å². The molecule has 0 saturated heterocycles. The smallest absolute Gasteiger partial charge is 0.137 e. The zero-order valence-electron chi connectivity index (χ0n) is 30.9. The third-order valence-corrected chi connectivity index (χ3v) is 12.8. The molecule has 1 heterocycles. The van der Waals surface area contributed by atoms with E-state index >= 15 is 0 Å². The third-order valence-electron chi connectivity index (χ3n) is 12.8. The van der Waals surface area contributed by atoms with E-state index in [0.717, 1.165) is 39.0 Å².